The van der Waals surface area contributed by atoms with Crippen LogP contribution in [-0.2, 0) is 23.0 Å². The molecule has 4 heterocycles. The first-order valence-electron chi connectivity index (χ1n) is 10.0. The second kappa shape index (κ2) is 8.22. The number of aryl methyl sites for hydroxylation is 1. The third kappa shape index (κ3) is 4.14. The lowest BCUT2D eigenvalue weighted by molar-refractivity contribution is 0.0904. The lowest BCUT2D eigenvalue weighted by atomic mass is 10.1. The van der Waals surface area contributed by atoms with Gasteiger partial charge in [0.2, 0.25) is 10.0 Å². The first-order valence-corrected chi connectivity index (χ1v) is 12.4. The average Bonchev–Trinajstić information content (AvgIpc) is 3.45. The van der Waals surface area contributed by atoms with Crippen molar-refractivity contribution < 1.29 is 17.6 Å². The van der Waals surface area contributed by atoms with Gasteiger partial charge in [-0.25, -0.2) is 8.42 Å². The van der Waals surface area contributed by atoms with Crippen LogP contribution in [0.1, 0.15) is 46.5 Å². The van der Waals surface area contributed by atoms with E-state index in [0.717, 1.165) is 32.4 Å². The summed E-state index contributed by atoms with van der Waals surface area (Å²) in [5.41, 5.74) is 1.37. The zero-order valence-corrected chi connectivity index (χ0v) is 18.4. The topological polar surface area (TPSA) is 82.9 Å². The maximum absolute atomic E-state index is 12.8. The van der Waals surface area contributed by atoms with Crippen molar-refractivity contribution in [3.05, 3.63) is 39.5 Å². The van der Waals surface area contributed by atoms with Gasteiger partial charge >= 0.3 is 0 Å². The third-order valence-electron chi connectivity index (χ3n) is 5.80. The van der Waals surface area contributed by atoms with Crippen LogP contribution in [0.4, 0.5) is 0 Å². The molecule has 2 aliphatic rings. The number of furan rings is 1. The predicted molar refractivity (Wildman–Crippen MR) is 112 cm³/mol. The van der Waals surface area contributed by atoms with Crippen molar-refractivity contribution in [3.63, 3.8) is 0 Å². The SMILES string of the molecule is Cc1oc(C(=O)NCC(C)N2CCc3sccc3C2)cc1S(=O)(=O)N1CCCC1. The molecule has 0 saturated carbocycles. The molecular formula is C20H27N3O4S2. The van der Waals surface area contributed by atoms with Crippen LogP contribution in [0.25, 0.3) is 0 Å². The van der Waals surface area contributed by atoms with E-state index in [0.29, 0.717) is 19.6 Å². The molecule has 1 amide bonds. The summed E-state index contributed by atoms with van der Waals surface area (Å²) in [4.78, 5) is 16.5. The van der Waals surface area contributed by atoms with Crippen LogP contribution in [0.5, 0.6) is 0 Å². The number of hydrogen-bond acceptors (Lipinski definition) is 6. The quantitative estimate of drug-likeness (QED) is 0.751. The molecule has 158 valence electrons. The number of fused-ring (bicyclic) bond motifs is 1. The van der Waals surface area contributed by atoms with Crippen molar-refractivity contribution in [2.75, 3.05) is 26.2 Å². The number of carbonyl (C=O) groups is 1. The molecule has 2 aromatic heterocycles. The molecule has 1 atom stereocenters. The molecule has 0 aromatic carbocycles. The molecule has 0 aliphatic carbocycles. The Kier molecular flexibility index (Phi) is 5.83. The lowest BCUT2D eigenvalue weighted by Gasteiger charge is -2.32. The average molecular weight is 438 g/mol. The first-order chi connectivity index (χ1) is 13.9. The summed E-state index contributed by atoms with van der Waals surface area (Å²) < 4.78 is 32.5. The third-order valence-corrected chi connectivity index (χ3v) is 8.83. The summed E-state index contributed by atoms with van der Waals surface area (Å²) in [6, 6.07) is 3.71. The van der Waals surface area contributed by atoms with E-state index in [4.69, 9.17) is 4.42 Å². The Hall–Kier alpha value is -1.68. The number of rotatable bonds is 6. The highest BCUT2D eigenvalue weighted by molar-refractivity contribution is 7.89. The van der Waals surface area contributed by atoms with Crippen LogP contribution in [-0.4, -0.2) is 55.8 Å². The van der Waals surface area contributed by atoms with Gasteiger partial charge in [0.25, 0.3) is 5.91 Å². The Bertz CT molecular complexity index is 989. The molecule has 2 aliphatic heterocycles. The summed E-state index contributed by atoms with van der Waals surface area (Å²) in [6.45, 7) is 7.08. The molecule has 1 saturated heterocycles. The molecule has 1 unspecified atom stereocenters. The molecule has 29 heavy (non-hydrogen) atoms. The molecular weight excluding hydrogens is 410 g/mol. The maximum atomic E-state index is 12.8. The summed E-state index contributed by atoms with van der Waals surface area (Å²) in [7, 11) is -3.60. The minimum absolute atomic E-state index is 0.0474. The minimum Gasteiger partial charge on any atom is -0.455 e. The minimum atomic E-state index is -3.60. The normalized spacial score (nSPS) is 19.2. The van der Waals surface area contributed by atoms with E-state index in [9.17, 15) is 13.2 Å². The molecule has 0 radical (unpaired) electrons. The standard InChI is InChI=1S/C20H27N3O4S2/c1-14(22-9-5-18-16(13-22)6-10-28-18)12-21-20(24)17-11-19(15(2)27-17)29(25,26)23-7-3-4-8-23/h6,10-11,14H,3-5,7-9,12-13H2,1-2H3,(H,21,24). The Morgan fingerprint density at radius 1 is 1.31 bits per heavy atom. The fraction of sp³-hybridized carbons (Fsp3) is 0.550. The van der Waals surface area contributed by atoms with E-state index >= 15 is 0 Å². The monoisotopic (exact) mass is 437 g/mol. The number of sulfonamides is 1. The van der Waals surface area contributed by atoms with Gasteiger partial charge in [-0.15, -0.1) is 11.3 Å². The van der Waals surface area contributed by atoms with Crippen molar-refractivity contribution in [2.24, 2.45) is 0 Å². The van der Waals surface area contributed by atoms with Gasteiger partial charge in [0, 0.05) is 49.7 Å². The maximum Gasteiger partial charge on any atom is 0.287 e. The van der Waals surface area contributed by atoms with E-state index in [1.54, 1.807) is 6.92 Å². The highest BCUT2D eigenvalue weighted by Gasteiger charge is 2.32. The molecule has 7 nitrogen and oxygen atoms in total. The van der Waals surface area contributed by atoms with Crippen molar-refractivity contribution in [1.29, 1.82) is 0 Å². The van der Waals surface area contributed by atoms with Gasteiger partial charge in [-0.1, -0.05) is 0 Å². The number of carbonyl (C=O) groups excluding carboxylic acids is 1. The Morgan fingerprint density at radius 3 is 2.83 bits per heavy atom. The van der Waals surface area contributed by atoms with E-state index < -0.39 is 10.0 Å². The zero-order valence-electron chi connectivity index (χ0n) is 16.8. The predicted octanol–water partition coefficient (Wildman–Crippen LogP) is 2.61. The summed E-state index contributed by atoms with van der Waals surface area (Å²) in [5, 5.41) is 5.03. The fourth-order valence-electron chi connectivity index (χ4n) is 4.00. The van der Waals surface area contributed by atoms with Gasteiger partial charge in [0.1, 0.15) is 10.7 Å². The van der Waals surface area contributed by atoms with Crippen LogP contribution in [0, 0.1) is 6.92 Å². The van der Waals surface area contributed by atoms with Gasteiger partial charge in [0.05, 0.1) is 0 Å². The van der Waals surface area contributed by atoms with Crippen LogP contribution >= 0.6 is 11.3 Å². The zero-order chi connectivity index (χ0) is 20.6. The lowest BCUT2D eigenvalue weighted by Crippen LogP contribution is -2.44. The van der Waals surface area contributed by atoms with Crippen molar-refractivity contribution in [1.82, 2.24) is 14.5 Å². The van der Waals surface area contributed by atoms with Gasteiger partial charge in [-0.05, 0) is 50.1 Å². The van der Waals surface area contributed by atoms with Crippen LogP contribution in [0.3, 0.4) is 0 Å². The molecule has 9 heteroatoms. The molecule has 0 spiro atoms. The second-order valence-corrected chi connectivity index (χ2v) is 10.7. The molecule has 1 fully saturated rings. The van der Waals surface area contributed by atoms with Crippen molar-refractivity contribution in [2.45, 2.75) is 50.6 Å². The molecule has 1 N–H and O–H groups in total. The van der Waals surface area contributed by atoms with Crippen LogP contribution < -0.4 is 5.32 Å². The smallest absolute Gasteiger partial charge is 0.287 e. The van der Waals surface area contributed by atoms with E-state index in [1.807, 2.05) is 11.3 Å². The molecule has 0 bridgehead atoms. The van der Waals surface area contributed by atoms with Crippen molar-refractivity contribution in [3.8, 4) is 0 Å². The largest absolute Gasteiger partial charge is 0.455 e. The number of nitrogens with one attached hydrogen (secondary N) is 1. The number of thiophene rings is 1. The summed E-state index contributed by atoms with van der Waals surface area (Å²) in [6.07, 6.45) is 2.77. The number of amides is 1. The highest BCUT2D eigenvalue weighted by atomic mass is 32.2. The number of nitrogens with zero attached hydrogens (tertiary/aromatic N) is 2. The first kappa shape index (κ1) is 20.6. The van der Waals surface area contributed by atoms with Crippen molar-refractivity contribution >= 4 is 27.3 Å². The van der Waals surface area contributed by atoms with E-state index in [2.05, 4.69) is 28.6 Å². The Labute approximate surface area is 175 Å². The highest BCUT2D eigenvalue weighted by Crippen LogP contribution is 2.27. The van der Waals surface area contributed by atoms with Crippen LogP contribution in [0.2, 0.25) is 0 Å². The Morgan fingerprint density at radius 2 is 2.07 bits per heavy atom. The van der Waals surface area contributed by atoms with Gasteiger partial charge < -0.3 is 9.73 Å². The summed E-state index contributed by atoms with van der Waals surface area (Å²) in [5.74, 6) is -0.0709. The fourth-order valence-corrected chi connectivity index (χ4v) is 6.57. The second-order valence-electron chi connectivity index (χ2n) is 7.79. The number of hydrogen-bond donors (Lipinski definition) is 1. The summed E-state index contributed by atoms with van der Waals surface area (Å²) >= 11 is 1.81. The van der Waals surface area contributed by atoms with Crippen LogP contribution in [0.15, 0.2) is 26.8 Å². The van der Waals surface area contributed by atoms with E-state index in [-0.39, 0.29) is 28.4 Å². The van der Waals surface area contributed by atoms with Gasteiger partial charge in [-0.3, -0.25) is 9.69 Å². The molecule has 2 aromatic rings. The van der Waals surface area contributed by atoms with Gasteiger partial charge in [0.15, 0.2) is 5.76 Å². The van der Waals surface area contributed by atoms with Gasteiger partial charge in [-0.2, -0.15) is 4.31 Å². The van der Waals surface area contributed by atoms with E-state index in [1.165, 1.54) is 20.8 Å². The Balaban J connectivity index is 1.38. The molecule has 4 rings (SSSR count).